The summed E-state index contributed by atoms with van der Waals surface area (Å²) in [6.07, 6.45) is -1.21. The summed E-state index contributed by atoms with van der Waals surface area (Å²) in [5.74, 6) is 0.481. The third kappa shape index (κ3) is 3.55. The lowest BCUT2D eigenvalue weighted by Crippen LogP contribution is -2.13. The number of methoxy groups -OCH3 is 1. The van der Waals surface area contributed by atoms with Crippen LogP contribution in [0.25, 0.3) is 5.69 Å². The molecule has 7 heteroatoms. The first-order valence-corrected chi connectivity index (χ1v) is 6.38. The Balaban J connectivity index is 2.36. The predicted molar refractivity (Wildman–Crippen MR) is 73.7 cm³/mol. The fourth-order valence-electron chi connectivity index (χ4n) is 1.94. The Labute approximate surface area is 120 Å². The van der Waals surface area contributed by atoms with E-state index in [0.29, 0.717) is 24.8 Å². The number of imidazole rings is 1. The first kappa shape index (κ1) is 15.4. The Morgan fingerprint density at radius 2 is 2.10 bits per heavy atom. The molecule has 0 unspecified atom stereocenters. The molecule has 1 aromatic carbocycles. The van der Waals surface area contributed by atoms with Gasteiger partial charge in [-0.05, 0) is 24.6 Å². The van der Waals surface area contributed by atoms with Crippen molar-refractivity contribution in [3.05, 3.63) is 41.7 Å². The van der Waals surface area contributed by atoms with Gasteiger partial charge < -0.3 is 10.1 Å². The molecule has 0 atom stereocenters. The molecule has 1 heterocycles. The highest BCUT2D eigenvalue weighted by atomic mass is 19.4. The maximum Gasteiger partial charge on any atom is 0.416 e. The third-order valence-electron chi connectivity index (χ3n) is 3.03. The quantitative estimate of drug-likeness (QED) is 0.861. The first-order chi connectivity index (χ1) is 9.93. The highest BCUT2D eigenvalue weighted by molar-refractivity contribution is 5.49. The molecule has 0 bridgehead atoms. The van der Waals surface area contributed by atoms with Gasteiger partial charge in [-0.3, -0.25) is 4.57 Å². The molecule has 0 fully saturated rings. The summed E-state index contributed by atoms with van der Waals surface area (Å²) in [6.45, 7) is 2.76. The van der Waals surface area contributed by atoms with Crippen molar-refractivity contribution >= 4 is 5.95 Å². The van der Waals surface area contributed by atoms with E-state index in [1.165, 1.54) is 12.3 Å². The zero-order valence-corrected chi connectivity index (χ0v) is 11.7. The van der Waals surface area contributed by atoms with Crippen LogP contribution in [0.4, 0.5) is 19.1 Å². The van der Waals surface area contributed by atoms with E-state index in [-0.39, 0.29) is 0 Å². The van der Waals surface area contributed by atoms with Crippen LogP contribution in [-0.2, 0) is 10.9 Å². The summed E-state index contributed by atoms with van der Waals surface area (Å²) in [5, 5.41) is 3.02. The van der Waals surface area contributed by atoms with Gasteiger partial charge in [0.05, 0.1) is 17.9 Å². The summed E-state index contributed by atoms with van der Waals surface area (Å²) in [7, 11) is 1.57. The number of nitrogens with one attached hydrogen (secondary N) is 1. The number of halogens is 3. The van der Waals surface area contributed by atoms with Crippen molar-refractivity contribution in [3.8, 4) is 5.69 Å². The number of alkyl halides is 3. The number of hydrogen-bond donors (Lipinski definition) is 1. The summed E-state index contributed by atoms with van der Waals surface area (Å²) in [4.78, 5) is 4.11. The number of hydrogen-bond acceptors (Lipinski definition) is 3. The zero-order chi connectivity index (χ0) is 15.5. The minimum absolute atomic E-state index is 0.447. The number of anilines is 1. The lowest BCUT2D eigenvalue weighted by atomic mass is 10.1. The van der Waals surface area contributed by atoms with E-state index in [1.54, 1.807) is 24.8 Å². The Morgan fingerprint density at radius 1 is 1.33 bits per heavy atom. The van der Waals surface area contributed by atoms with Crippen LogP contribution >= 0.6 is 0 Å². The summed E-state index contributed by atoms with van der Waals surface area (Å²) in [6, 6.07) is 3.66. The molecule has 0 aliphatic heterocycles. The molecule has 114 valence electrons. The minimum Gasteiger partial charge on any atom is -0.383 e. The fraction of sp³-hybridized carbons (Fsp3) is 0.357. The molecule has 0 aliphatic rings. The van der Waals surface area contributed by atoms with Crippen molar-refractivity contribution < 1.29 is 17.9 Å². The average Bonchev–Trinajstić information content (AvgIpc) is 2.86. The van der Waals surface area contributed by atoms with E-state index >= 15 is 0 Å². The van der Waals surface area contributed by atoms with Crippen molar-refractivity contribution in [2.45, 2.75) is 13.1 Å². The van der Waals surface area contributed by atoms with E-state index in [9.17, 15) is 13.2 Å². The highest BCUT2D eigenvalue weighted by Crippen LogP contribution is 2.32. The van der Waals surface area contributed by atoms with Gasteiger partial charge in [0.25, 0.3) is 0 Å². The van der Waals surface area contributed by atoms with Crippen molar-refractivity contribution in [1.82, 2.24) is 9.55 Å². The second-order valence-electron chi connectivity index (χ2n) is 4.54. The van der Waals surface area contributed by atoms with Gasteiger partial charge in [0, 0.05) is 26.0 Å². The van der Waals surface area contributed by atoms with Crippen molar-refractivity contribution in [2.24, 2.45) is 0 Å². The molecule has 0 spiro atoms. The Kier molecular flexibility index (Phi) is 4.52. The average molecular weight is 299 g/mol. The standard InChI is InChI=1S/C14H16F3N3O/c1-10-3-4-11(14(15,16)17)9-12(10)20-7-5-18-13(20)19-6-8-21-2/h3-5,7,9H,6,8H2,1-2H3,(H,18,19). The fourth-order valence-corrected chi connectivity index (χ4v) is 1.94. The number of benzene rings is 1. The molecule has 2 aromatic rings. The monoisotopic (exact) mass is 299 g/mol. The lowest BCUT2D eigenvalue weighted by Gasteiger charge is -2.14. The normalized spacial score (nSPS) is 11.7. The van der Waals surface area contributed by atoms with Crippen LogP contribution in [0.5, 0.6) is 0 Å². The molecule has 0 aliphatic carbocycles. The molecule has 0 radical (unpaired) electrons. The Bertz CT molecular complexity index is 608. The summed E-state index contributed by atoms with van der Waals surface area (Å²) in [5.41, 5.74) is 0.498. The van der Waals surface area contributed by atoms with Gasteiger partial charge in [-0.15, -0.1) is 0 Å². The minimum atomic E-state index is -4.37. The number of rotatable bonds is 5. The number of nitrogens with zero attached hydrogens (tertiary/aromatic N) is 2. The second kappa shape index (κ2) is 6.17. The number of aromatic nitrogens is 2. The molecule has 0 saturated carbocycles. The molecular formula is C14H16F3N3O. The lowest BCUT2D eigenvalue weighted by molar-refractivity contribution is -0.137. The van der Waals surface area contributed by atoms with Crippen molar-refractivity contribution in [3.63, 3.8) is 0 Å². The van der Waals surface area contributed by atoms with Gasteiger partial charge in [-0.1, -0.05) is 6.07 Å². The smallest absolute Gasteiger partial charge is 0.383 e. The van der Waals surface area contributed by atoms with E-state index in [0.717, 1.165) is 17.7 Å². The number of ether oxygens (including phenoxy) is 1. The Hall–Kier alpha value is -2.02. The summed E-state index contributed by atoms with van der Waals surface area (Å²) < 4.78 is 45.0. The maximum absolute atomic E-state index is 12.8. The molecule has 1 aromatic heterocycles. The van der Waals surface area contributed by atoms with Gasteiger partial charge in [-0.2, -0.15) is 13.2 Å². The molecule has 0 amide bonds. The second-order valence-corrected chi connectivity index (χ2v) is 4.54. The van der Waals surface area contributed by atoms with Crippen LogP contribution in [0.1, 0.15) is 11.1 Å². The molecule has 2 rings (SSSR count). The zero-order valence-electron chi connectivity index (χ0n) is 11.7. The van der Waals surface area contributed by atoms with Crippen LogP contribution in [0.15, 0.2) is 30.6 Å². The predicted octanol–water partition coefficient (Wildman–Crippen LogP) is 3.26. The molecule has 0 saturated heterocycles. The van der Waals surface area contributed by atoms with Gasteiger partial charge in [0.1, 0.15) is 0 Å². The molecule has 1 N–H and O–H groups in total. The van der Waals surface area contributed by atoms with E-state index in [2.05, 4.69) is 10.3 Å². The van der Waals surface area contributed by atoms with Crippen LogP contribution in [0.2, 0.25) is 0 Å². The maximum atomic E-state index is 12.8. The van der Waals surface area contributed by atoms with Crippen molar-refractivity contribution in [1.29, 1.82) is 0 Å². The van der Waals surface area contributed by atoms with Gasteiger partial charge >= 0.3 is 6.18 Å². The van der Waals surface area contributed by atoms with E-state index < -0.39 is 11.7 Å². The van der Waals surface area contributed by atoms with Crippen molar-refractivity contribution in [2.75, 3.05) is 25.6 Å². The molecule has 4 nitrogen and oxygen atoms in total. The Morgan fingerprint density at radius 3 is 2.76 bits per heavy atom. The highest BCUT2D eigenvalue weighted by Gasteiger charge is 2.31. The topological polar surface area (TPSA) is 39.1 Å². The number of aryl methyl sites for hydroxylation is 1. The van der Waals surface area contributed by atoms with Crippen LogP contribution in [0.3, 0.4) is 0 Å². The SMILES string of the molecule is COCCNc1nccn1-c1cc(C(F)(F)F)ccc1C. The van der Waals surface area contributed by atoms with Crippen LogP contribution in [0, 0.1) is 6.92 Å². The summed E-state index contributed by atoms with van der Waals surface area (Å²) >= 11 is 0. The van der Waals surface area contributed by atoms with Gasteiger partial charge in [-0.25, -0.2) is 4.98 Å². The molecular weight excluding hydrogens is 283 g/mol. The first-order valence-electron chi connectivity index (χ1n) is 6.38. The van der Waals surface area contributed by atoms with Gasteiger partial charge in [0.2, 0.25) is 5.95 Å². The largest absolute Gasteiger partial charge is 0.416 e. The molecule has 21 heavy (non-hydrogen) atoms. The van der Waals surface area contributed by atoms with Crippen LogP contribution < -0.4 is 5.32 Å². The van der Waals surface area contributed by atoms with E-state index in [1.807, 2.05) is 0 Å². The van der Waals surface area contributed by atoms with Crippen LogP contribution in [-0.4, -0.2) is 29.8 Å². The van der Waals surface area contributed by atoms with E-state index in [4.69, 9.17) is 4.74 Å². The third-order valence-corrected chi connectivity index (χ3v) is 3.03. The van der Waals surface area contributed by atoms with Gasteiger partial charge in [0.15, 0.2) is 0 Å².